The molecule has 2 rings (SSSR count). The van der Waals surface area contributed by atoms with Crippen molar-refractivity contribution >= 4 is 11.7 Å². The van der Waals surface area contributed by atoms with Crippen LogP contribution in [0.25, 0.3) is 5.69 Å². The number of aromatic nitrogens is 3. The number of aromatic carboxylic acids is 1. The summed E-state index contributed by atoms with van der Waals surface area (Å²) in [7, 11) is 0. The lowest BCUT2D eigenvalue weighted by molar-refractivity contribution is 0.0697. The lowest BCUT2D eigenvalue weighted by atomic mass is 10.1. The van der Waals surface area contributed by atoms with Gasteiger partial charge < -0.3 is 10.8 Å². The van der Waals surface area contributed by atoms with Crippen molar-refractivity contribution in [1.29, 1.82) is 0 Å². The van der Waals surface area contributed by atoms with E-state index in [1.165, 1.54) is 29.4 Å². The van der Waals surface area contributed by atoms with E-state index in [-0.39, 0.29) is 5.56 Å². The minimum Gasteiger partial charge on any atom is -0.478 e. The van der Waals surface area contributed by atoms with Crippen molar-refractivity contribution in [3.05, 3.63) is 36.4 Å². The molecule has 1 aromatic heterocycles. The van der Waals surface area contributed by atoms with Gasteiger partial charge in [0, 0.05) is 5.69 Å². The molecule has 0 aliphatic carbocycles. The van der Waals surface area contributed by atoms with E-state index in [1.54, 1.807) is 6.07 Å². The van der Waals surface area contributed by atoms with Gasteiger partial charge >= 0.3 is 5.97 Å². The van der Waals surface area contributed by atoms with Crippen molar-refractivity contribution in [1.82, 2.24) is 14.8 Å². The van der Waals surface area contributed by atoms with Crippen LogP contribution in [0.4, 0.5) is 5.69 Å². The predicted octanol–water partition coefficient (Wildman–Crippen LogP) is 0.548. The van der Waals surface area contributed by atoms with Crippen LogP contribution in [0.1, 0.15) is 10.4 Å². The Morgan fingerprint density at radius 1 is 1.33 bits per heavy atom. The van der Waals surface area contributed by atoms with Crippen LogP contribution in [0.5, 0.6) is 0 Å². The molecule has 0 atom stereocenters. The van der Waals surface area contributed by atoms with E-state index in [1.807, 2.05) is 0 Å². The second-order valence-corrected chi connectivity index (χ2v) is 2.95. The number of carboxylic acids is 1. The van der Waals surface area contributed by atoms with Crippen LogP contribution in [0.3, 0.4) is 0 Å². The summed E-state index contributed by atoms with van der Waals surface area (Å²) in [5, 5.41) is 16.2. The summed E-state index contributed by atoms with van der Waals surface area (Å²) in [4.78, 5) is 10.9. The van der Waals surface area contributed by atoms with Gasteiger partial charge in [0.05, 0.1) is 11.3 Å². The smallest absolute Gasteiger partial charge is 0.337 e. The van der Waals surface area contributed by atoms with E-state index >= 15 is 0 Å². The molecular formula is C9H8N4O2. The molecule has 15 heavy (non-hydrogen) atoms. The van der Waals surface area contributed by atoms with Gasteiger partial charge in [-0.25, -0.2) is 4.79 Å². The molecule has 6 nitrogen and oxygen atoms in total. The Kier molecular flexibility index (Phi) is 2.09. The molecule has 1 aromatic carbocycles. The molecule has 1 heterocycles. The molecule has 0 aliphatic heterocycles. The van der Waals surface area contributed by atoms with Crippen molar-refractivity contribution < 1.29 is 9.90 Å². The highest BCUT2D eigenvalue weighted by Crippen LogP contribution is 2.17. The van der Waals surface area contributed by atoms with E-state index in [2.05, 4.69) is 10.2 Å². The number of carbonyl (C=O) groups is 1. The summed E-state index contributed by atoms with van der Waals surface area (Å²) in [6.07, 6.45) is 2.84. The second kappa shape index (κ2) is 3.41. The Balaban J connectivity index is 2.63. The van der Waals surface area contributed by atoms with Crippen molar-refractivity contribution in [2.75, 3.05) is 5.73 Å². The number of anilines is 1. The maximum atomic E-state index is 10.9. The number of hydrogen-bond acceptors (Lipinski definition) is 4. The van der Waals surface area contributed by atoms with Gasteiger partial charge in [0.1, 0.15) is 12.7 Å². The first-order valence-corrected chi connectivity index (χ1v) is 4.16. The maximum Gasteiger partial charge on any atom is 0.337 e. The highest BCUT2D eigenvalue weighted by Gasteiger charge is 2.11. The molecular weight excluding hydrogens is 196 g/mol. The molecule has 0 unspecified atom stereocenters. The largest absolute Gasteiger partial charge is 0.478 e. The number of benzene rings is 1. The lowest BCUT2D eigenvalue weighted by Crippen LogP contribution is -2.05. The van der Waals surface area contributed by atoms with E-state index in [0.717, 1.165) is 0 Å². The number of carboxylic acid groups (broad SMARTS) is 1. The fraction of sp³-hybridized carbons (Fsp3) is 0. The van der Waals surface area contributed by atoms with Gasteiger partial charge in [-0.2, -0.15) is 0 Å². The molecule has 0 saturated carbocycles. The number of hydrogen-bond donors (Lipinski definition) is 2. The van der Waals surface area contributed by atoms with Crippen LogP contribution < -0.4 is 5.73 Å². The molecule has 2 aromatic rings. The van der Waals surface area contributed by atoms with Crippen LogP contribution in [0, 0.1) is 0 Å². The van der Waals surface area contributed by atoms with Gasteiger partial charge in [0.25, 0.3) is 0 Å². The lowest BCUT2D eigenvalue weighted by Gasteiger charge is -2.06. The first kappa shape index (κ1) is 9.20. The number of nitrogens with two attached hydrogens (primary N) is 1. The van der Waals surface area contributed by atoms with Gasteiger partial charge in [-0.3, -0.25) is 4.57 Å². The van der Waals surface area contributed by atoms with Gasteiger partial charge in [-0.1, -0.05) is 0 Å². The Bertz CT molecular complexity index is 493. The summed E-state index contributed by atoms with van der Waals surface area (Å²) in [5.41, 5.74) is 6.68. The predicted molar refractivity (Wildman–Crippen MR) is 52.7 cm³/mol. The Hall–Kier alpha value is -2.37. The van der Waals surface area contributed by atoms with Gasteiger partial charge in [0.15, 0.2) is 0 Å². The first-order chi connectivity index (χ1) is 7.18. The van der Waals surface area contributed by atoms with Crippen LogP contribution in [0.2, 0.25) is 0 Å². The maximum absolute atomic E-state index is 10.9. The fourth-order valence-electron chi connectivity index (χ4n) is 1.27. The zero-order chi connectivity index (χ0) is 10.8. The molecule has 6 heteroatoms. The molecule has 0 aliphatic rings. The SMILES string of the molecule is Nc1ccc(C(=O)O)c(-n2cnnc2)c1. The zero-order valence-corrected chi connectivity index (χ0v) is 7.66. The first-order valence-electron chi connectivity index (χ1n) is 4.16. The monoisotopic (exact) mass is 204 g/mol. The van der Waals surface area contributed by atoms with Crippen LogP contribution >= 0.6 is 0 Å². The van der Waals surface area contributed by atoms with Crippen molar-refractivity contribution in [3.8, 4) is 5.69 Å². The topological polar surface area (TPSA) is 94.0 Å². The molecule has 0 amide bonds. The summed E-state index contributed by atoms with van der Waals surface area (Å²) in [6.45, 7) is 0. The van der Waals surface area contributed by atoms with E-state index in [0.29, 0.717) is 11.4 Å². The van der Waals surface area contributed by atoms with Gasteiger partial charge in [-0.15, -0.1) is 10.2 Å². The molecule has 0 spiro atoms. The number of nitrogens with zero attached hydrogens (tertiary/aromatic N) is 3. The minimum atomic E-state index is -1.02. The Labute approximate surface area is 85.0 Å². The minimum absolute atomic E-state index is 0.156. The average Bonchev–Trinajstić information content (AvgIpc) is 2.69. The van der Waals surface area contributed by atoms with Crippen molar-refractivity contribution in [2.24, 2.45) is 0 Å². The van der Waals surface area contributed by atoms with Crippen LogP contribution in [-0.4, -0.2) is 25.8 Å². The van der Waals surface area contributed by atoms with E-state index < -0.39 is 5.97 Å². The van der Waals surface area contributed by atoms with Crippen LogP contribution in [-0.2, 0) is 0 Å². The van der Waals surface area contributed by atoms with Gasteiger partial charge in [0.2, 0.25) is 0 Å². The molecule has 0 fully saturated rings. The third kappa shape index (κ3) is 1.64. The highest BCUT2D eigenvalue weighted by atomic mass is 16.4. The Morgan fingerprint density at radius 2 is 2.00 bits per heavy atom. The molecule has 3 N–H and O–H groups in total. The quantitative estimate of drug-likeness (QED) is 0.696. The summed E-state index contributed by atoms with van der Waals surface area (Å²) < 4.78 is 1.50. The molecule has 0 saturated heterocycles. The average molecular weight is 204 g/mol. The van der Waals surface area contributed by atoms with Crippen LogP contribution in [0.15, 0.2) is 30.9 Å². The Morgan fingerprint density at radius 3 is 2.60 bits per heavy atom. The van der Waals surface area contributed by atoms with Gasteiger partial charge in [-0.05, 0) is 18.2 Å². The third-order valence-corrected chi connectivity index (χ3v) is 1.95. The highest BCUT2D eigenvalue weighted by molar-refractivity contribution is 5.92. The number of rotatable bonds is 2. The summed E-state index contributed by atoms with van der Waals surface area (Å²) >= 11 is 0. The van der Waals surface area contributed by atoms with Crippen molar-refractivity contribution in [3.63, 3.8) is 0 Å². The van der Waals surface area contributed by atoms with E-state index in [9.17, 15) is 4.79 Å². The zero-order valence-electron chi connectivity index (χ0n) is 7.66. The third-order valence-electron chi connectivity index (χ3n) is 1.95. The standard InChI is InChI=1S/C9H8N4O2/c10-6-1-2-7(9(14)15)8(3-6)13-4-11-12-5-13/h1-5H,10H2,(H,14,15). The number of nitrogen functional groups attached to an aromatic ring is 1. The molecule has 0 radical (unpaired) electrons. The van der Waals surface area contributed by atoms with E-state index in [4.69, 9.17) is 10.8 Å². The summed E-state index contributed by atoms with van der Waals surface area (Å²) in [5.74, 6) is -1.02. The summed E-state index contributed by atoms with van der Waals surface area (Å²) in [6, 6.07) is 4.55. The molecule has 76 valence electrons. The fourth-order valence-corrected chi connectivity index (χ4v) is 1.27. The normalized spacial score (nSPS) is 10.1. The second-order valence-electron chi connectivity index (χ2n) is 2.95. The van der Waals surface area contributed by atoms with Crippen molar-refractivity contribution in [2.45, 2.75) is 0 Å². The molecule has 0 bridgehead atoms.